The molecule has 0 rings (SSSR count). The molecular weight excluding hydrogens is 304 g/mol. The topological polar surface area (TPSA) is 77.8 Å². The lowest BCUT2D eigenvalue weighted by Crippen LogP contribution is -2.02. The first kappa shape index (κ1) is 22.6. The monoisotopic (exact) mass is 340 g/mol. The van der Waals surface area contributed by atoms with Gasteiger partial charge in [0, 0.05) is 0 Å². The molecule has 0 saturated carbocycles. The standard InChI is InChI=1S/C20H36O4/c1-2-3-4-5-6-7-8-9-10-11-12-13-14-15-16-17-18(21)19(22)20(23)24/h16-17,21-22H,2-15H2,1H3,(H,23,24). The maximum atomic E-state index is 10.4. The molecule has 0 aromatic rings. The molecule has 0 aliphatic rings. The number of rotatable bonds is 16. The van der Waals surface area contributed by atoms with Crippen LogP contribution in [0.4, 0.5) is 0 Å². The second kappa shape index (κ2) is 16.4. The fourth-order valence-electron chi connectivity index (χ4n) is 2.66. The highest BCUT2D eigenvalue weighted by Crippen LogP contribution is 2.13. The van der Waals surface area contributed by atoms with Crippen LogP contribution in [0.2, 0.25) is 0 Å². The van der Waals surface area contributed by atoms with Crippen molar-refractivity contribution in [2.24, 2.45) is 0 Å². The molecule has 0 spiro atoms. The van der Waals surface area contributed by atoms with Gasteiger partial charge in [-0.1, -0.05) is 90.0 Å². The van der Waals surface area contributed by atoms with Gasteiger partial charge < -0.3 is 15.3 Å². The molecule has 3 N–H and O–H groups in total. The molecule has 4 heteroatoms. The quantitative estimate of drug-likeness (QED) is 0.131. The van der Waals surface area contributed by atoms with Crippen LogP contribution in [-0.2, 0) is 4.79 Å². The normalized spacial score (nSPS) is 12.5. The van der Waals surface area contributed by atoms with E-state index in [-0.39, 0.29) is 0 Å². The third-order valence-electron chi connectivity index (χ3n) is 4.20. The molecule has 0 bridgehead atoms. The van der Waals surface area contributed by atoms with Gasteiger partial charge in [0.05, 0.1) is 0 Å². The Morgan fingerprint density at radius 2 is 1.12 bits per heavy atom. The number of allylic oxidation sites excluding steroid dienone is 2. The number of aliphatic carboxylic acids is 1. The second-order valence-corrected chi connectivity index (χ2v) is 6.47. The average molecular weight is 341 g/mol. The van der Waals surface area contributed by atoms with E-state index in [2.05, 4.69) is 6.92 Å². The van der Waals surface area contributed by atoms with Crippen LogP contribution in [0.1, 0.15) is 96.8 Å². The van der Waals surface area contributed by atoms with Gasteiger partial charge >= 0.3 is 5.97 Å². The molecule has 0 amide bonds. The summed E-state index contributed by atoms with van der Waals surface area (Å²) in [5, 5.41) is 26.7. The van der Waals surface area contributed by atoms with Crippen molar-refractivity contribution >= 4 is 5.97 Å². The van der Waals surface area contributed by atoms with Gasteiger partial charge in [0.15, 0.2) is 5.76 Å². The van der Waals surface area contributed by atoms with E-state index in [0.717, 1.165) is 19.3 Å². The number of hydrogen-bond acceptors (Lipinski definition) is 3. The van der Waals surface area contributed by atoms with Gasteiger partial charge in [0.1, 0.15) is 0 Å². The Morgan fingerprint density at radius 1 is 0.708 bits per heavy atom. The predicted molar refractivity (Wildman–Crippen MR) is 99.4 cm³/mol. The van der Waals surface area contributed by atoms with Crippen LogP contribution >= 0.6 is 0 Å². The molecule has 0 fully saturated rings. The van der Waals surface area contributed by atoms with Gasteiger partial charge in [-0.05, 0) is 18.9 Å². The number of carboxylic acids is 1. The molecule has 0 atom stereocenters. The van der Waals surface area contributed by atoms with Crippen LogP contribution < -0.4 is 0 Å². The van der Waals surface area contributed by atoms with Crippen molar-refractivity contribution in [2.75, 3.05) is 0 Å². The molecule has 4 nitrogen and oxygen atoms in total. The van der Waals surface area contributed by atoms with Gasteiger partial charge in [-0.3, -0.25) is 0 Å². The molecular formula is C20H36O4. The van der Waals surface area contributed by atoms with E-state index in [4.69, 9.17) is 10.2 Å². The largest absolute Gasteiger partial charge is 0.504 e. The summed E-state index contributed by atoms with van der Waals surface area (Å²) in [6, 6.07) is 0. The van der Waals surface area contributed by atoms with E-state index >= 15 is 0 Å². The van der Waals surface area contributed by atoms with Crippen molar-refractivity contribution in [3.8, 4) is 0 Å². The Kier molecular flexibility index (Phi) is 15.4. The minimum atomic E-state index is -1.52. The van der Waals surface area contributed by atoms with Crippen LogP contribution in [0, 0.1) is 0 Å². The zero-order chi connectivity index (χ0) is 18.0. The molecule has 0 saturated heterocycles. The fraction of sp³-hybridized carbons (Fsp3) is 0.750. The molecule has 24 heavy (non-hydrogen) atoms. The summed E-state index contributed by atoms with van der Waals surface area (Å²) >= 11 is 0. The first-order chi connectivity index (χ1) is 11.6. The third-order valence-corrected chi connectivity index (χ3v) is 4.20. The van der Waals surface area contributed by atoms with Crippen molar-refractivity contribution in [2.45, 2.75) is 96.8 Å². The minimum Gasteiger partial charge on any atom is -0.504 e. The predicted octanol–water partition coefficient (Wildman–Crippen LogP) is 6.44. The van der Waals surface area contributed by atoms with E-state index in [1.165, 1.54) is 76.7 Å². The molecule has 140 valence electrons. The van der Waals surface area contributed by atoms with E-state index in [1.807, 2.05) is 0 Å². The van der Waals surface area contributed by atoms with Crippen molar-refractivity contribution < 1.29 is 20.1 Å². The van der Waals surface area contributed by atoms with E-state index < -0.39 is 17.5 Å². The summed E-state index contributed by atoms with van der Waals surface area (Å²) in [5.41, 5.74) is 0. The lowest BCUT2D eigenvalue weighted by molar-refractivity contribution is -0.135. The van der Waals surface area contributed by atoms with Crippen LogP contribution in [-0.4, -0.2) is 21.3 Å². The van der Waals surface area contributed by atoms with Gasteiger partial charge in [-0.15, -0.1) is 0 Å². The average Bonchev–Trinajstić information content (AvgIpc) is 2.57. The summed E-state index contributed by atoms with van der Waals surface area (Å²) in [6.07, 6.45) is 20.7. The Hall–Kier alpha value is -1.45. The number of unbranched alkanes of at least 4 members (excludes halogenated alkanes) is 13. The van der Waals surface area contributed by atoms with Crippen LogP contribution in [0.3, 0.4) is 0 Å². The zero-order valence-corrected chi connectivity index (χ0v) is 15.3. The smallest absolute Gasteiger partial charge is 0.374 e. The van der Waals surface area contributed by atoms with E-state index in [9.17, 15) is 9.90 Å². The maximum Gasteiger partial charge on any atom is 0.374 e. The van der Waals surface area contributed by atoms with Gasteiger partial charge in [0.25, 0.3) is 0 Å². The van der Waals surface area contributed by atoms with E-state index in [0.29, 0.717) is 0 Å². The molecule has 0 heterocycles. The van der Waals surface area contributed by atoms with Gasteiger partial charge in [0.2, 0.25) is 5.76 Å². The van der Waals surface area contributed by atoms with Crippen LogP contribution in [0.5, 0.6) is 0 Å². The molecule has 0 radical (unpaired) electrons. The number of carbonyl (C=O) groups is 1. The van der Waals surface area contributed by atoms with Crippen molar-refractivity contribution in [3.05, 3.63) is 23.7 Å². The Labute approximate surface area is 147 Å². The van der Waals surface area contributed by atoms with Crippen molar-refractivity contribution in [1.29, 1.82) is 0 Å². The van der Waals surface area contributed by atoms with Crippen LogP contribution in [0.15, 0.2) is 23.7 Å². The third kappa shape index (κ3) is 14.2. The molecule has 0 aromatic carbocycles. The molecule has 0 aliphatic heterocycles. The molecule has 0 unspecified atom stereocenters. The Morgan fingerprint density at radius 3 is 1.54 bits per heavy atom. The zero-order valence-electron chi connectivity index (χ0n) is 15.3. The lowest BCUT2D eigenvalue weighted by atomic mass is 10.0. The minimum absolute atomic E-state index is 0.586. The fourth-order valence-corrected chi connectivity index (χ4v) is 2.66. The van der Waals surface area contributed by atoms with Crippen molar-refractivity contribution in [1.82, 2.24) is 0 Å². The van der Waals surface area contributed by atoms with Crippen molar-refractivity contribution in [3.63, 3.8) is 0 Å². The summed E-state index contributed by atoms with van der Waals surface area (Å²) < 4.78 is 0. The summed E-state index contributed by atoms with van der Waals surface area (Å²) in [6.45, 7) is 2.25. The highest BCUT2D eigenvalue weighted by Gasteiger charge is 2.08. The van der Waals surface area contributed by atoms with Crippen LogP contribution in [0.25, 0.3) is 0 Å². The summed E-state index contributed by atoms with van der Waals surface area (Å²) in [4.78, 5) is 10.4. The summed E-state index contributed by atoms with van der Waals surface area (Å²) in [5.74, 6) is -3.10. The Balaban J connectivity index is 3.34. The first-order valence-corrected chi connectivity index (χ1v) is 9.61. The summed E-state index contributed by atoms with van der Waals surface area (Å²) in [7, 11) is 0. The highest BCUT2D eigenvalue weighted by atomic mass is 16.4. The second-order valence-electron chi connectivity index (χ2n) is 6.47. The maximum absolute atomic E-state index is 10.4. The number of aliphatic hydroxyl groups is 2. The SMILES string of the molecule is CCCCCCCCCCCCCCCC=CC(O)=C(O)C(=O)O. The number of hydrogen-bond donors (Lipinski definition) is 3. The number of carboxylic acid groups (broad SMARTS) is 1. The molecule has 0 aromatic heterocycles. The Bertz CT molecular complexity index is 372. The number of aliphatic hydroxyl groups excluding tert-OH is 2. The highest BCUT2D eigenvalue weighted by molar-refractivity contribution is 5.84. The van der Waals surface area contributed by atoms with E-state index in [1.54, 1.807) is 6.08 Å². The first-order valence-electron chi connectivity index (χ1n) is 9.61. The lowest BCUT2D eigenvalue weighted by Gasteiger charge is -2.02. The van der Waals surface area contributed by atoms with Gasteiger partial charge in [-0.25, -0.2) is 4.79 Å². The molecule has 0 aliphatic carbocycles. The van der Waals surface area contributed by atoms with Gasteiger partial charge in [-0.2, -0.15) is 0 Å².